The summed E-state index contributed by atoms with van der Waals surface area (Å²) in [6.45, 7) is 2.88. The van der Waals surface area contributed by atoms with Gasteiger partial charge in [-0.1, -0.05) is 6.07 Å². The Morgan fingerprint density at radius 3 is 2.67 bits per heavy atom. The van der Waals surface area contributed by atoms with Crippen LogP contribution in [0.25, 0.3) is 0 Å². The standard InChI is InChI=1S/C15H18BrFN4/c16-13-9-11(1-2-14(13)17)10-20-6-3-12(4-7-20)21-8-5-15(18)19-21/h1-2,5,8-9,12H,3-4,6-7,10H2,(H2,18,19). The van der Waals surface area contributed by atoms with Gasteiger partial charge in [0.15, 0.2) is 0 Å². The maximum Gasteiger partial charge on any atom is 0.145 e. The average Bonchev–Trinajstić information content (AvgIpc) is 2.90. The molecule has 0 atom stereocenters. The topological polar surface area (TPSA) is 47.1 Å². The number of nitrogens with two attached hydrogens (primary N) is 1. The van der Waals surface area contributed by atoms with Gasteiger partial charge in [0.1, 0.15) is 11.6 Å². The van der Waals surface area contributed by atoms with Crippen LogP contribution in [0, 0.1) is 5.82 Å². The zero-order valence-corrected chi connectivity index (χ0v) is 13.3. The molecule has 0 saturated carbocycles. The third-order valence-corrected chi connectivity index (χ3v) is 4.56. The second-order valence-electron chi connectivity index (χ2n) is 5.48. The van der Waals surface area contributed by atoms with Gasteiger partial charge in [0.05, 0.1) is 10.5 Å². The Morgan fingerprint density at radius 1 is 1.29 bits per heavy atom. The first-order chi connectivity index (χ1) is 10.1. The van der Waals surface area contributed by atoms with Crippen LogP contribution < -0.4 is 5.73 Å². The Hall–Kier alpha value is -1.40. The quantitative estimate of drug-likeness (QED) is 0.922. The van der Waals surface area contributed by atoms with E-state index in [1.54, 1.807) is 0 Å². The molecule has 0 aliphatic carbocycles. The fourth-order valence-electron chi connectivity index (χ4n) is 2.79. The van der Waals surface area contributed by atoms with Crippen LogP contribution in [-0.2, 0) is 6.54 Å². The van der Waals surface area contributed by atoms with E-state index in [0.717, 1.165) is 38.0 Å². The van der Waals surface area contributed by atoms with Crippen molar-refractivity contribution < 1.29 is 4.39 Å². The first-order valence-corrected chi connectivity index (χ1v) is 7.88. The molecule has 1 aromatic carbocycles. The van der Waals surface area contributed by atoms with Gasteiger partial charge in [-0.3, -0.25) is 9.58 Å². The molecule has 1 aliphatic rings. The summed E-state index contributed by atoms with van der Waals surface area (Å²) in [5, 5.41) is 4.29. The van der Waals surface area contributed by atoms with E-state index in [0.29, 0.717) is 16.3 Å². The molecule has 4 nitrogen and oxygen atoms in total. The van der Waals surface area contributed by atoms with E-state index < -0.39 is 0 Å². The van der Waals surface area contributed by atoms with E-state index in [-0.39, 0.29) is 5.82 Å². The molecule has 0 amide bonds. The van der Waals surface area contributed by atoms with E-state index >= 15 is 0 Å². The monoisotopic (exact) mass is 352 g/mol. The molecule has 1 aromatic heterocycles. The number of likely N-dealkylation sites (tertiary alicyclic amines) is 1. The molecule has 1 saturated heterocycles. The van der Waals surface area contributed by atoms with Gasteiger partial charge < -0.3 is 5.73 Å². The van der Waals surface area contributed by atoms with Crippen LogP contribution >= 0.6 is 15.9 Å². The summed E-state index contributed by atoms with van der Waals surface area (Å²) in [7, 11) is 0. The second kappa shape index (κ2) is 6.15. The lowest BCUT2D eigenvalue weighted by Gasteiger charge is -2.32. The fraction of sp³-hybridized carbons (Fsp3) is 0.400. The fourth-order valence-corrected chi connectivity index (χ4v) is 3.22. The zero-order chi connectivity index (χ0) is 14.8. The van der Waals surface area contributed by atoms with Crippen molar-refractivity contribution >= 4 is 21.7 Å². The first-order valence-electron chi connectivity index (χ1n) is 7.09. The largest absolute Gasteiger partial charge is 0.382 e. The Labute approximate surface area is 131 Å². The van der Waals surface area contributed by atoms with E-state index in [1.807, 2.05) is 29.1 Å². The summed E-state index contributed by atoms with van der Waals surface area (Å²) in [5.74, 6) is 0.363. The highest BCUT2D eigenvalue weighted by Gasteiger charge is 2.21. The predicted octanol–water partition coefficient (Wildman–Crippen LogP) is 3.20. The minimum absolute atomic E-state index is 0.214. The molecule has 0 radical (unpaired) electrons. The molecule has 2 aromatic rings. The molecule has 0 bridgehead atoms. The van der Waals surface area contributed by atoms with Crippen molar-refractivity contribution in [3.8, 4) is 0 Å². The molecule has 1 fully saturated rings. The number of nitrogen functional groups attached to an aromatic ring is 1. The van der Waals surface area contributed by atoms with Crippen LogP contribution in [0.3, 0.4) is 0 Å². The zero-order valence-electron chi connectivity index (χ0n) is 11.7. The highest BCUT2D eigenvalue weighted by atomic mass is 79.9. The Kier molecular flexibility index (Phi) is 4.26. The number of anilines is 1. The summed E-state index contributed by atoms with van der Waals surface area (Å²) < 4.78 is 15.7. The molecule has 1 aliphatic heterocycles. The minimum Gasteiger partial charge on any atom is -0.382 e. The van der Waals surface area contributed by atoms with E-state index in [4.69, 9.17) is 5.73 Å². The summed E-state index contributed by atoms with van der Waals surface area (Å²) in [6.07, 6.45) is 4.07. The highest BCUT2D eigenvalue weighted by Crippen LogP contribution is 2.24. The third-order valence-electron chi connectivity index (χ3n) is 3.95. The van der Waals surface area contributed by atoms with E-state index in [9.17, 15) is 4.39 Å². The molecule has 0 spiro atoms. The van der Waals surface area contributed by atoms with Crippen molar-refractivity contribution in [1.82, 2.24) is 14.7 Å². The summed E-state index contributed by atoms with van der Waals surface area (Å²) in [5.41, 5.74) is 6.79. The highest BCUT2D eigenvalue weighted by molar-refractivity contribution is 9.10. The third kappa shape index (κ3) is 3.44. The summed E-state index contributed by atoms with van der Waals surface area (Å²) >= 11 is 3.24. The minimum atomic E-state index is -0.214. The number of benzene rings is 1. The number of halogens is 2. The number of piperidine rings is 1. The number of rotatable bonds is 3. The molecule has 6 heteroatoms. The number of hydrogen-bond donors (Lipinski definition) is 1. The SMILES string of the molecule is Nc1ccn(C2CCN(Cc3ccc(F)c(Br)c3)CC2)n1. The van der Waals surface area contributed by atoms with Crippen molar-refractivity contribution in [3.63, 3.8) is 0 Å². The summed E-state index contributed by atoms with van der Waals surface area (Å²) in [6, 6.07) is 7.48. The molecular weight excluding hydrogens is 335 g/mol. The molecule has 21 heavy (non-hydrogen) atoms. The van der Waals surface area contributed by atoms with Gasteiger partial charge in [0, 0.05) is 25.8 Å². The van der Waals surface area contributed by atoms with Crippen molar-refractivity contribution in [2.45, 2.75) is 25.4 Å². The van der Waals surface area contributed by atoms with Crippen molar-refractivity contribution in [2.24, 2.45) is 0 Å². The van der Waals surface area contributed by atoms with Crippen molar-refractivity contribution in [3.05, 3.63) is 46.3 Å². The number of aromatic nitrogens is 2. The van der Waals surface area contributed by atoms with Gasteiger partial charge in [0.2, 0.25) is 0 Å². The van der Waals surface area contributed by atoms with Crippen LogP contribution in [0.5, 0.6) is 0 Å². The van der Waals surface area contributed by atoms with Gasteiger partial charge in [-0.25, -0.2) is 4.39 Å². The van der Waals surface area contributed by atoms with Gasteiger partial charge >= 0.3 is 0 Å². The van der Waals surface area contributed by atoms with Gasteiger partial charge in [-0.15, -0.1) is 0 Å². The number of nitrogens with zero attached hydrogens (tertiary/aromatic N) is 3. The molecule has 2 heterocycles. The Morgan fingerprint density at radius 2 is 2.05 bits per heavy atom. The molecule has 112 valence electrons. The smallest absolute Gasteiger partial charge is 0.145 e. The van der Waals surface area contributed by atoms with Crippen LogP contribution in [0.4, 0.5) is 10.2 Å². The van der Waals surface area contributed by atoms with E-state index in [2.05, 4.69) is 25.9 Å². The maximum absolute atomic E-state index is 13.2. The second-order valence-corrected chi connectivity index (χ2v) is 6.33. The Balaban J connectivity index is 1.57. The normalized spacial score (nSPS) is 17.2. The van der Waals surface area contributed by atoms with Crippen LogP contribution in [0.2, 0.25) is 0 Å². The predicted molar refractivity (Wildman–Crippen MR) is 84.3 cm³/mol. The lowest BCUT2D eigenvalue weighted by Crippen LogP contribution is -2.34. The lowest BCUT2D eigenvalue weighted by atomic mass is 10.0. The van der Waals surface area contributed by atoms with Gasteiger partial charge in [-0.05, 0) is 52.5 Å². The lowest BCUT2D eigenvalue weighted by molar-refractivity contribution is 0.173. The molecular formula is C15H18BrFN4. The summed E-state index contributed by atoms with van der Waals surface area (Å²) in [4.78, 5) is 2.39. The van der Waals surface area contributed by atoms with Crippen LogP contribution in [0.15, 0.2) is 34.9 Å². The van der Waals surface area contributed by atoms with Crippen LogP contribution in [0.1, 0.15) is 24.4 Å². The van der Waals surface area contributed by atoms with Crippen molar-refractivity contribution in [2.75, 3.05) is 18.8 Å². The average molecular weight is 353 g/mol. The van der Waals surface area contributed by atoms with Crippen LogP contribution in [-0.4, -0.2) is 27.8 Å². The number of hydrogen-bond acceptors (Lipinski definition) is 3. The Bertz CT molecular complexity index is 620. The molecule has 3 rings (SSSR count). The maximum atomic E-state index is 13.2. The van der Waals surface area contributed by atoms with Gasteiger partial charge in [-0.2, -0.15) is 5.10 Å². The first kappa shape index (κ1) is 14.5. The van der Waals surface area contributed by atoms with Gasteiger partial charge in [0.25, 0.3) is 0 Å². The van der Waals surface area contributed by atoms with Crippen molar-refractivity contribution in [1.29, 1.82) is 0 Å². The molecule has 2 N–H and O–H groups in total. The molecule has 0 unspecified atom stereocenters. The van der Waals surface area contributed by atoms with E-state index in [1.165, 1.54) is 6.07 Å².